The number of hydrogen-bond donors (Lipinski definition) is 2. The van der Waals surface area contributed by atoms with E-state index in [1.165, 1.54) is 0 Å². The number of aromatic nitrogens is 3. The molecule has 6 heteroatoms. The van der Waals surface area contributed by atoms with Gasteiger partial charge in [0.05, 0.1) is 5.56 Å². The van der Waals surface area contributed by atoms with Gasteiger partial charge in [-0.25, -0.2) is 4.98 Å². The van der Waals surface area contributed by atoms with Gasteiger partial charge in [-0.15, -0.1) is 0 Å². The molecule has 1 aliphatic rings. The van der Waals surface area contributed by atoms with Crippen molar-refractivity contribution in [3.05, 3.63) is 34.1 Å². The van der Waals surface area contributed by atoms with Crippen LogP contribution in [-0.4, -0.2) is 15.2 Å². The Morgan fingerprint density at radius 3 is 2.79 bits per heavy atom. The molecule has 0 aromatic carbocycles. The Labute approximate surface area is 115 Å². The molecule has 1 aliphatic carbocycles. The van der Waals surface area contributed by atoms with Crippen molar-refractivity contribution in [2.75, 3.05) is 5.32 Å². The van der Waals surface area contributed by atoms with Gasteiger partial charge in [-0.1, -0.05) is 11.6 Å². The molecule has 1 saturated carbocycles. The maximum Gasteiger partial charge on any atom is 0.153 e. The molecule has 2 heterocycles. The molecule has 2 N–H and O–H groups in total. The molecular formula is C13H12ClN5. The van der Waals surface area contributed by atoms with Crippen LogP contribution in [0, 0.1) is 18.3 Å². The van der Waals surface area contributed by atoms with Crippen molar-refractivity contribution in [2.45, 2.75) is 25.7 Å². The van der Waals surface area contributed by atoms with E-state index < -0.39 is 0 Å². The summed E-state index contributed by atoms with van der Waals surface area (Å²) in [7, 11) is 0. The minimum absolute atomic E-state index is 0.252. The standard InChI is InChI=1S/C13H12ClN5/c1-7-4-12(19-18-7)16-11-5-9(8-2-3-8)10(6-15)13(14)17-11/h4-5,8H,2-3H2,1H3,(H2,16,17,18,19). The van der Waals surface area contributed by atoms with E-state index in [-0.39, 0.29) is 5.15 Å². The predicted molar refractivity (Wildman–Crippen MR) is 72.5 cm³/mol. The monoisotopic (exact) mass is 273 g/mol. The largest absolute Gasteiger partial charge is 0.323 e. The third-order valence-electron chi connectivity index (χ3n) is 3.10. The summed E-state index contributed by atoms with van der Waals surface area (Å²) in [4.78, 5) is 4.20. The first-order valence-corrected chi connectivity index (χ1v) is 6.44. The normalized spacial score (nSPS) is 14.2. The number of pyridine rings is 1. The molecule has 0 radical (unpaired) electrons. The minimum Gasteiger partial charge on any atom is -0.323 e. The fourth-order valence-corrected chi connectivity index (χ4v) is 2.28. The third kappa shape index (κ3) is 2.40. The molecule has 0 unspecified atom stereocenters. The Bertz CT molecular complexity index is 666. The van der Waals surface area contributed by atoms with Crippen LogP contribution < -0.4 is 5.32 Å². The van der Waals surface area contributed by atoms with Gasteiger partial charge in [-0.05, 0) is 37.3 Å². The van der Waals surface area contributed by atoms with Crippen LogP contribution in [0.2, 0.25) is 5.15 Å². The number of aromatic amines is 1. The molecule has 2 aromatic rings. The first-order valence-electron chi connectivity index (χ1n) is 6.07. The zero-order chi connectivity index (χ0) is 13.4. The summed E-state index contributed by atoms with van der Waals surface area (Å²) in [6.45, 7) is 1.92. The van der Waals surface area contributed by atoms with Crippen LogP contribution >= 0.6 is 11.6 Å². The van der Waals surface area contributed by atoms with E-state index in [2.05, 4.69) is 26.6 Å². The Hall–Kier alpha value is -2.06. The average molecular weight is 274 g/mol. The van der Waals surface area contributed by atoms with Crippen LogP contribution in [0.25, 0.3) is 0 Å². The van der Waals surface area contributed by atoms with Gasteiger partial charge >= 0.3 is 0 Å². The van der Waals surface area contributed by atoms with Crippen molar-refractivity contribution >= 4 is 23.2 Å². The number of aryl methyl sites for hydroxylation is 1. The van der Waals surface area contributed by atoms with E-state index in [0.717, 1.165) is 24.1 Å². The van der Waals surface area contributed by atoms with E-state index >= 15 is 0 Å². The number of hydrogen-bond acceptors (Lipinski definition) is 4. The number of halogens is 1. The number of nitriles is 1. The highest BCUT2D eigenvalue weighted by Crippen LogP contribution is 2.43. The Morgan fingerprint density at radius 1 is 1.42 bits per heavy atom. The summed E-state index contributed by atoms with van der Waals surface area (Å²) in [5.41, 5.74) is 2.44. The van der Waals surface area contributed by atoms with Crippen molar-refractivity contribution in [3.63, 3.8) is 0 Å². The van der Waals surface area contributed by atoms with Crippen LogP contribution in [0.4, 0.5) is 11.6 Å². The Morgan fingerprint density at radius 2 is 2.21 bits per heavy atom. The van der Waals surface area contributed by atoms with Gasteiger partial charge in [0.1, 0.15) is 17.0 Å². The lowest BCUT2D eigenvalue weighted by Gasteiger charge is -2.08. The molecule has 2 aromatic heterocycles. The second-order valence-corrected chi connectivity index (χ2v) is 5.07. The third-order valence-corrected chi connectivity index (χ3v) is 3.37. The SMILES string of the molecule is Cc1cc(Nc2cc(C3CC3)c(C#N)c(Cl)n2)n[nH]1. The van der Waals surface area contributed by atoms with Gasteiger partial charge in [-0.2, -0.15) is 10.4 Å². The average Bonchev–Trinajstić information content (AvgIpc) is 3.13. The number of nitrogens with one attached hydrogen (secondary N) is 2. The number of anilines is 2. The van der Waals surface area contributed by atoms with Gasteiger partial charge in [0.15, 0.2) is 5.82 Å². The van der Waals surface area contributed by atoms with E-state index in [4.69, 9.17) is 16.9 Å². The number of H-pyrrole nitrogens is 1. The fourth-order valence-electron chi connectivity index (χ4n) is 2.04. The summed E-state index contributed by atoms with van der Waals surface area (Å²) in [6.07, 6.45) is 2.21. The molecular weight excluding hydrogens is 262 g/mol. The molecule has 0 spiro atoms. The highest BCUT2D eigenvalue weighted by molar-refractivity contribution is 6.30. The number of rotatable bonds is 3. The van der Waals surface area contributed by atoms with E-state index in [9.17, 15) is 0 Å². The van der Waals surface area contributed by atoms with Crippen molar-refractivity contribution in [3.8, 4) is 6.07 Å². The van der Waals surface area contributed by atoms with Crippen molar-refractivity contribution in [2.24, 2.45) is 0 Å². The van der Waals surface area contributed by atoms with E-state index in [1.807, 2.05) is 19.1 Å². The van der Waals surface area contributed by atoms with E-state index in [0.29, 0.717) is 23.1 Å². The minimum atomic E-state index is 0.252. The zero-order valence-corrected chi connectivity index (χ0v) is 11.1. The fraction of sp³-hybridized carbons (Fsp3) is 0.308. The second kappa shape index (κ2) is 4.56. The molecule has 3 rings (SSSR count). The van der Waals surface area contributed by atoms with Gasteiger partial charge in [0, 0.05) is 11.8 Å². The lowest BCUT2D eigenvalue weighted by atomic mass is 10.1. The van der Waals surface area contributed by atoms with Crippen LogP contribution in [0.3, 0.4) is 0 Å². The Balaban J connectivity index is 1.96. The molecule has 0 saturated heterocycles. The molecule has 96 valence electrons. The first kappa shape index (κ1) is 12.0. The van der Waals surface area contributed by atoms with Crippen LogP contribution in [-0.2, 0) is 0 Å². The summed E-state index contributed by atoms with van der Waals surface area (Å²) in [5, 5.41) is 19.4. The molecule has 5 nitrogen and oxygen atoms in total. The summed E-state index contributed by atoms with van der Waals surface area (Å²) < 4.78 is 0. The topological polar surface area (TPSA) is 77.4 Å². The van der Waals surface area contributed by atoms with Crippen LogP contribution in [0.5, 0.6) is 0 Å². The quantitative estimate of drug-likeness (QED) is 0.842. The number of nitrogens with zero attached hydrogens (tertiary/aromatic N) is 3. The maximum absolute atomic E-state index is 9.15. The first-order chi connectivity index (χ1) is 9.17. The molecule has 0 amide bonds. The zero-order valence-electron chi connectivity index (χ0n) is 10.4. The van der Waals surface area contributed by atoms with Crippen LogP contribution in [0.15, 0.2) is 12.1 Å². The smallest absolute Gasteiger partial charge is 0.153 e. The lowest BCUT2D eigenvalue weighted by molar-refractivity contribution is 1.04. The molecule has 0 aliphatic heterocycles. The van der Waals surface area contributed by atoms with Crippen LogP contribution in [0.1, 0.15) is 35.6 Å². The highest BCUT2D eigenvalue weighted by atomic mass is 35.5. The second-order valence-electron chi connectivity index (χ2n) is 4.71. The molecule has 1 fully saturated rings. The van der Waals surface area contributed by atoms with Gasteiger partial charge in [0.25, 0.3) is 0 Å². The van der Waals surface area contributed by atoms with Gasteiger partial charge < -0.3 is 5.32 Å². The van der Waals surface area contributed by atoms with E-state index in [1.54, 1.807) is 0 Å². The highest BCUT2D eigenvalue weighted by Gasteiger charge is 2.28. The lowest BCUT2D eigenvalue weighted by Crippen LogP contribution is -1.99. The van der Waals surface area contributed by atoms with Crippen molar-refractivity contribution in [1.29, 1.82) is 5.26 Å². The van der Waals surface area contributed by atoms with Crippen molar-refractivity contribution < 1.29 is 0 Å². The molecule has 0 atom stereocenters. The maximum atomic E-state index is 9.15. The Kier molecular flexibility index (Phi) is 2.88. The van der Waals surface area contributed by atoms with Gasteiger partial charge in [-0.3, -0.25) is 5.10 Å². The van der Waals surface area contributed by atoms with Gasteiger partial charge in [0.2, 0.25) is 0 Å². The predicted octanol–water partition coefficient (Wildman–Crippen LogP) is 3.26. The molecule has 0 bridgehead atoms. The summed E-state index contributed by atoms with van der Waals surface area (Å²) in [6, 6.07) is 5.91. The molecule has 19 heavy (non-hydrogen) atoms. The van der Waals surface area contributed by atoms with Crippen molar-refractivity contribution in [1.82, 2.24) is 15.2 Å². The summed E-state index contributed by atoms with van der Waals surface area (Å²) >= 11 is 6.08. The summed E-state index contributed by atoms with van der Waals surface area (Å²) in [5.74, 6) is 1.75.